The monoisotopic (exact) mass is 584 g/mol. The van der Waals surface area contributed by atoms with Crippen LogP contribution >= 0.6 is 11.3 Å². The molecule has 1 fully saturated rings. The lowest BCUT2D eigenvalue weighted by Gasteiger charge is -2.28. The lowest BCUT2D eigenvalue weighted by Crippen LogP contribution is -2.56. The smallest absolute Gasteiger partial charge is 0.333 e. The van der Waals surface area contributed by atoms with Crippen LogP contribution in [0.15, 0.2) is 40.2 Å². The molecule has 1 amide bonds. The maximum atomic E-state index is 14.3. The molecular weight excluding hydrogens is 551 g/mol. The van der Waals surface area contributed by atoms with Crippen LogP contribution in [0.4, 0.5) is 4.39 Å². The van der Waals surface area contributed by atoms with Crippen molar-refractivity contribution in [3.8, 4) is 10.8 Å². The van der Waals surface area contributed by atoms with Crippen LogP contribution in [-0.4, -0.2) is 55.9 Å². The summed E-state index contributed by atoms with van der Waals surface area (Å²) < 4.78 is 28.0. The van der Waals surface area contributed by atoms with Gasteiger partial charge in [0.25, 0.3) is 5.56 Å². The molecule has 4 heterocycles. The SMILES string of the molecule is Cc1c(-n2nccn2)sc2c1c(=O)n(C(C)(C)C(=O)NC(C)C)c(=O)n2CCc1cc(F)ccc1OCC1COC1. The van der Waals surface area contributed by atoms with Gasteiger partial charge in [-0.1, -0.05) is 11.3 Å². The van der Waals surface area contributed by atoms with Crippen LogP contribution in [-0.2, 0) is 28.0 Å². The van der Waals surface area contributed by atoms with Crippen LogP contribution < -0.4 is 21.3 Å². The molecule has 0 saturated carbocycles. The predicted octanol–water partition coefficient (Wildman–Crippen LogP) is 2.78. The zero-order valence-corrected chi connectivity index (χ0v) is 24.5. The second-order valence-corrected chi connectivity index (χ2v) is 12.0. The van der Waals surface area contributed by atoms with E-state index in [-0.39, 0.29) is 24.9 Å². The molecule has 218 valence electrons. The second-order valence-electron chi connectivity index (χ2n) is 11.0. The molecule has 0 unspecified atom stereocenters. The fourth-order valence-corrected chi connectivity index (χ4v) is 6.02. The molecule has 1 aliphatic rings. The molecule has 0 bridgehead atoms. The third-order valence-electron chi connectivity index (χ3n) is 7.13. The van der Waals surface area contributed by atoms with E-state index in [9.17, 15) is 18.8 Å². The summed E-state index contributed by atoms with van der Waals surface area (Å²) in [4.78, 5) is 43.1. The van der Waals surface area contributed by atoms with Gasteiger partial charge in [-0.3, -0.25) is 14.2 Å². The molecule has 0 aliphatic carbocycles. The van der Waals surface area contributed by atoms with Crippen LogP contribution in [0.2, 0.25) is 0 Å². The first-order valence-electron chi connectivity index (χ1n) is 13.4. The highest BCUT2D eigenvalue weighted by atomic mass is 32.1. The number of rotatable bonds is 10. The van der Waals surface area contributed by atoms with E-state index in [1.165, 1.54) is 45.2 Å². The van der Waals surface area contributed by atoms with Gasteiger partial charge in [0.1, 0.15) is 26.9 Å². The molecule has 3 aromatic heterocycles. The summed E-state index contributed by atoms with van der Waals surface area (Å²) in [6, 6.07) is 4.12. The van der Waals surface area contributed by atoms with Crippen molar-refractivity contribution in [2.24, 2.45) is 5.92 Å². The Morgan fingerprint density at radius 2 is 1.95 bits per heavy atom. The van der Waals surface area contributed by atoms with Gasteiger partial charge in [0.05, 0.1) is 37.6 Å². The highest BCUT2D eigenvalue weighted by Crippen LogP contribution is 2.31. The molecule has 1 N–H and O–H groups in total. The summed E-state index contributed by atoms with van der Waals surface area (Å²) in [6.45, 7) is 10.3. The summed E-state index contributed by atoms with van der Waals surface area (Å²) >= 11 is 1.21. The third kappa shape index (κ3) is 5.43. The fourth-order valence-electron chi connectivity index (χ4n) is 4.78. The van der Waals surface area contributed by atoms with E-state index in [1.54, 1.807) is 40.7 Å². The Morgan fingerprint density at radius 1 is 1.24 bits per heavy atom. The van der Waals surface area contributed by atoms with Crippen molar-refractivity contribution in [1.82, 2.24) is 29.4 Å². The van der Waals surface area contributed by atoms with E-state index in [2.05, 4.69) is 15.5 Å². The van der Waals surface area contributed by atoms with E-state index in [1.807, 2.05) is 0 Å². The number of carbonyl (C=O) groups excluding carboxylic acids is 1. The lowest BCUT2D eigenvalue weighted by atomic mass is 10.0. The standard InChI is InChI=1S/C28H33FN6O5S/c1-16(2)32-26(37)28(4,5)34-23(36)22-17(3)24(35-30-9-10-31-35)41-25(22)33(27(34)38)11-8-19-12-20(29)6-7-21(19)40-15-18-13-39-14-18/h6-7,9-10,12,16,18H,8,11,13-15H2,1-5H3,(H,32,37). The van der Waals surface area contributed by atoms with Crippen LogP contribution in [0.25, 0.3) is 15.2 Å². The topological polar surface area (TPSA) is 122 Å². The minimum absolute atomic E-state index is 0.107. The number of aromatic nitrogens is 5. The Bertz CT molecular complexity index is 1700. The average molecular weight is 585 g/mol. The predicted molar refractivity (Wildman–Crippen MR) is 153 cm³/mol. The largest absolute Gasteiger partial charge is 0.493 e. The van der Waals surface area contributed by atoms with Crippen molar-refractivity contribution in [3.05, 3.63) is 68.4 Å². The molecule has 4 aromatic rings. The highest BCUT2D eigenvalue weighted by Gasteiger charge is 2.36. The first-order chi connectivity index (χ1) is 19.5. The number of amides is 1. The van der Waals surface area contributed by atoms with E-state index >= 15 is 0 Å². The van der Waals surface area contributed by atoms with Gasteiger partial charge >= 0.3 is 5.69 Å². The molecule has 1 saturated heterocycles. The Morgan fingerprint density at radius 3 is 2.59 bits per heavy atom. The molecule has 1 aliphatic heterocycles. The van der Waals surface area contributed by atoms with Crippen molar-refractivity contribution < 1.29 is 18.7 Å². The molecule has 5 rings (SSSR count). The van der Waals surface area contributed by atoms with Gasteiger partial charge < -0.3 is 14.8 Å². The number of hydrogen-bond acceptors (Lipinski definition) is 8. The summed E-state index contributed by atoms with van der Waals surface area (Å²) in [5.41, 5.74) is -1.54. The number of carbonyl (C=O) groups is 1. The van der Waals surface area contributed by atoms with E-state index in [0.29, 0.717) is 51.9 Å². The van der Waals surface area contributed by atoms with Crippen LogP contribution in [0.3, 0.4) is 0 Å². The van der Waals surface area contributed by atoms with E-state index < -0.39 is 28.5 Å². The van der Waals surface area contributed by atoms with Crippen LogP contribution in [0.5, 0.6) is 5.75 Å². The highest BCUT2D eigenvalue weighted by molar-refractivity contribution is 7.21. The van der Waals surface area contributed by atoms with E-state index in [0.717, 1.165) is 4.57 Å². The number of nitrogens with one attached hydrogen (secondary N) is 1. The Labute approximate surface area is 239 Å². The van der Waals surface area contributed by atoms with Crippen molar-refractivity contribution in [3.63, 3.8) is 0 Å². The molecule has 13 heteroatoms. The van der Waals surface area contributed by atoms with Crippen molar-refractivity contribution in [2.75, 3.05) is 19.8 Å². The quantitative estimate of drug-likeness (QED) is 0.304. The number of halogens is 1. The zero-order chi connectivity index (χ0) is 29.5. The Hall–Kier alpha value is -3.84. The first kappa shape index (κ1) is 28.7. The lowest BCUT2D eigenvalue weighted by molar-refractivity contribution is -0.129. The first-order valence-corrected chi connectivity index (χ1v) is 14.3. The minimum atomic E-state index is -1.50. The third-order valence-corrected chi connectivity index (χ3v) is 8.41. The molecule has 0 atom stereocenters. The number of ether oxygens (including phenoxy) is 2. The second kappa shape index (κ2) is 11.2. The van der Waals surface area contributed by atoms with Gasteiger partial charge in [0.15, 0.2) is 0 Å². The van der Waals surface area contributed by atoms with Crippen LogP contribution in [0, 0.1) is 18.7 Å². The average Bonchev–Trinajstić information content (AvgIpc) is 3.51. The summed E-state index contributed by atoms with van der Waals surface area (Å²) in [5, 5.41) is 12.1. The fraction of sp³-hybridized carbons (Fsp3) is 0.464. The number of fused-ring (bicyclic) bond motifs is 1. The number of aryl methyl sites for hydroxylation is 3. The van der Waals surface area contributed by atoms with Gasteiger partial charge in [0, 0.05) is 24.1 Å². The maximum absolute atomic E-state index is 14.3. The minimum Gasteiger partial charge on any atom is -0.493 e. The van der Waals surface area contributed by atoms with Gasteiger partial charge in [-0.05, 0) is 64.8 Å². The molecular formula is C28H33FN6O5S. The number of nitrogens with zero attached hydrogens (tertiary/aromatic N) is 5. The maximum Gasteiger partial charge on any atom is 0.333 e. The summed E-state index contributed by atoms with van der Waals surface area (Å²) in [7, 11) is 0. The Balaban J connectivity index is 1.63. The molecule has 11 nitrogen and oxygen atoms in total. The van der Waals surface area contributed by atoms with Gasteiger partial charge in [0.2, 0.25) is 5.91 Å². The van der Waals surface area contributed by atoms with E-state index in [4.69, 9.17) is 9.47 Å². The molecule has 0 radical (unpaired) electrons. The van der Waals surface area contributed by atoms with Gasteiger partial charge in [-0.2, -0.15) is 10.2 Å². The molecule has 41 heavy (non-hydrogen) atoms. The zero-order valence-electron chi connectivity index (χ0n) is 23.6. The number of benzene rings is 1. The van der Waals surface area contributed by atoms with Crippen molar-refractivity contribution >= 4 is 27.5 Å². The van der Waals surface area contributed by atoms with Crippen LogP contribution in [0.1, 0.15) is 38.8 Å². The van der Waals surface area contributed by atoms with Crippen molar-refractivity contribution in [2.45, 2.75) is 59.2 Å². The summed E-state index contributed by atoms with van der Waals surface area (Å²) in [6.07, 6.45) is 3.29. The molecule has 0 spiro atoms. The Kier molecular flexibility index (Phi) is 7.84. The van der Waals surface area contributed by atoms with Crippen molar-refractivity contribution in [1.29, 1.82) is 0 Å². The molecule has 1 aromatic carbocycles. The number of thiophene rings is 1. The summed E-state index contributed by atoms with van der Waals surface area (Å²) in [5.74, 6) is -0.0785. The van der Waals surface area contributed by atoms with Gasteiger partial charge in [-0.25, -0.2) is 13.8 Å². The number of hydrogen-bond donors (Lipinski definition) is 1. The van der Waals surface area contributed by atoms with Gasteiger partial charge in [-0.15, -0.1) is 4.80 Å². The normalized spacial score (nSPS) is 14.0.